The summed E-state index contributed by atoms with van der Waals surface area (Å²) in [5.74, 6) is -0.546. The fourth-order valence-electron chi connectivity index (χ4n) is 1.45. The van der Waals surface area contributed by atoms with E-state index in [-0.39, 0.29) is 10.5 Å². The maximum Gasteiger partial charge on any atom is 0.338 e. The Kier molecular flexibility index (Phi) is 6.21. The number of benzene rings is 1. The molecule has 0 unspecified atom stereocenters. The van der Waals surface area contributed by atoms with Gasteiger partial charge >= 0.3 is 5.97 Å². The molecule has 0 spiro atoms. The van der Waals surface area contributed by atoms with Gasteiger partial charge in [0.05, 0.1) is 17.6 Å². The topological polar surface area (TPSA) is 72.5 Å². The summed E-state index contributed by atoms with van der Waals surface area (Å²) in [4.78, 5) is 11.6. The molecule has 0 bridgehead atoms. The molecule has 0 saturated carbocycles. The summed E-state index contributed by atoms with van der Waals surface area (Å²) in [5.41, 5.74) is 0.251. The van der Waals surface area contributed by atoms with E-state index in [4.69, 9.17) is 0 Å². The monoisotopic (exact) mass is 397 g/mol. The van der Waals surface area contributed by atoms with Crippen LogP contribution in [0.25, 0.3) is 0 Å². The number of carbonyl (C=O) groups is 1. The van der Waals surface area contributed by atoms with Crippen molar-refractivity contribution in [2.45, 2.75) is 24.7 Å². The number of rotatable bonds is 6. The van der Waals surface area contributed by atoms with Gasteiger partial charge < -0.3 is 4.74 Å². The minimum atomic E-state index is -3.59. The zero-order valence-corrected chi connectivity index (χ0v) is 13.7. The SMILES string of the molecule is CCCCNS(=O)(=O)c1cccc(C(=O)OC)c1I. The molecule has 0 aliphatic heterocycles. The molecule has 0 heterocycles. The summed E-state index contributed by atoms with van der Waals surface area (Å²) in [6, 6.07) is 4.55. The first kappa shape index (κ1) is 16.4. The molecule has 0 aliphatic rings. The van der Waals surface area contributed by atoms with Crippen molar-refractivity contribution in [1.82, 2.24) is 4.72 Å². The van der Waals surface area contributed by atoms with Crippen LogP contribution in [0.2, 0.25) is 0 Å². The lowest BCUT2D eigenvalue weighted by Crippen LogP contribution is -2.26. The van der Waals surface area contributed by atoms with Gasteiger partial charge in [-0.25, -0.2) is 17.9 Å². The van der Waals surface area contributed by atoms with E-state index < -0.39 is 16.0 Å². The number of hydrogen-bond donors (Lipinski definition) is 1. The van der Waals surface area contributed by atoms with Crippen molar-refractivity contribution in [3.8, 4) is 0 Å². The largest absolute Gasteiger partial charge is 0.465 e. The second kappa shape index (κ2) is 7.20. The molecule has 1 aromatic rings. The zero-order chi connectivity index (χ0) is 14.5. The highest BCUT2D eigenvalue weighted by molar-refractivity contribution is 14.1. The second-order valence-electron chi connectivity index (χ2n) is 3.86. The van der Waals surface area contributed by atoms with Gasteiger partial charge in [-0.2, -0.15) is 0 Å². The summed E-state index contributed by atoms with van der Waals surface area (Å²) in [6.45, 7) is 2.37. The maximum absolute atomic E-state index is 12.1. The summed E-state index contributed by atoms with van der Waals surface area (Å²) in [6.07, 6.45) is 1.67. The van der Waals surface area contributed by atoms with Crippen LogP contribution in [-0.2, 0) is 14.8 Å². The lowest BCUT2D eigenvalue weighted by atomic mass is 10.2. The highest BCUT2D eigenvalue weighted by Gasteiger charge is 2.21. The van der Waals surface area contributed by atoms with Gasteiger partial charge in [-0.05, 0) is 41.1 Å². The molecule has 0 atom stereocenters. The minimum Gasteiger partial charge on any atom is -0.465 e. The Bertz CT molecular complexity index is 557. The fourth-order valence-corrected chi connectivity index (χ4v) is 4.07. The molecular weight excluding hydrogens is 381 g/mol. The Morgan fingerprint density at radius 1 is 1.42 bits per heavy atom. The van der Waals surface area contributed by atoms with Gasteiger partial charge in [-0.3, -0.25) is 0 Å². The van der Waals surface area contributed by atoms with Gasteiger partial charge in [-0.1, -0.05) is 19.4 Å². The smallest absolute Gasteiger partial charge is 0.338 e. The summed E-state index contributed by atoms with van der Waals surface area (Å²) >= 11 is 1.85. The first-order chi connectivity index (χ1) is 8.94. The molecule has 7 heteroatoms. The highest BCUT2D eigenvalue weighted by Crippen LogP contribution is 2.22. The lowest BCUT2D eigenvalue weighted by Gasteiger charge is -2.10. The molecule has 1 N–H and O–H groups in total. The van der Waals surface area contributed by atoms with Crippen LogP contribution in [0.15, 0.2) is 23.1 Å². The molecule has 106 valence electrons. The van der Waals surface area contributed by atoms with Crippen LogP contribution in [0.4, 0.5) is 0 Å². The number of ether oxygens (including phenoxy) is 1. The van der Waals surface area contributed by atoms with Crippen molar-refractivity contribution in [3.05, 3.63) is 27.3 Å². The minimum absolute atomic E-state index is 0.104. The Balaban J connectivity index is 3.10. The molecule has 0 fully saturated rings. The fraction of sp³-hybridized carbons (Fsp3) is 0.417. The molecule has 0 aromatic heterocycles. The van der Waals surface area contributed by atoms with Crippen LogP contribution in [0.3, 0.4) is 0 Å². The van der Waals surface area contributed by atoms with E-state index in [9.17, 15) is 13.2 Å². The quantitative estimate of drug-likeness (QED) is 0.454. The maximum atomic E-state index is 12.1. The third kappa shape index (κ3) is 4.15. The number of sulfonamides is 1. The number of methoxy groups -OCH3 is 1. The molecule has 0 aliphatic carbocycles. The van der Waals surface area contributed by atoms with E-state index >= 15 is 0 Å². The molecule has 1 aromatic carbocycles. The second-order valence-corrected chi connectivity index (χ2v) is 6.67. The molecule has 19 heavy (non-hydrogen) atoms. The first-order valence-electron chi connectivity index (χ1n) is 5.80. The van der Waals surface area contributed by atoms with Gasteiger partial charge in [0.25, 0.3) is 0 Å². The molecular formula is C12H16INO4S. The normalized spacial score (nSPS) is 11.3. The third-order valence-corrected chi connectivity index (χ3v) is 5.51. The van der Waals surface area contributed by atoms with E-state index in [2.05, 4.69) is 9.46 Å². The summed E-state index contributed by atoms with van der Waals surface area (Å²) < 4.78 is 31.8. The van der Waals surface area contributed by atoms with Gasteiger partial charge in [0.1, 0.15) is 0 Å². The number of nitrogens with one attached hydrogen (secondary N) is 1. The Labute approximate surface area is 126 Å². The standard InChI is InChI=1S/C12H16INO4S/c1-3-4-8-14-19(16,17)10-7-5-6-9(11(10)13)12(15)18-2/h5-7,14H,3-4,8H2,1-2H3. The predicted molar refractivity (Wildman–Crippen MR) is 80.6 cm³/mol. The van der Waals surface area contributed by atoms with Crippen LogP contribution in [-0.4, -0.2) is 28.0 Å². The van der Waals surface area contributed by atoms with E-state index in [1.54, 1.807) is 6.07 Å². The number of halogens is 1. The highest BCUT2D eigenvalue weighted by atomic mass is 127. The van der Waals surface area contributed by atoms with Crippen molar-refractivity contribution < 1.29 is 17.9 Å². The van der Waals surface area contributed by atoms with Gasteiger partial charge in [0.15, 0.2) is 0 Å². The van der Waals surface area contributed by atoms with Crippen molar-refractivity contribution in [2.75, 3.05) is 13.7 Å². The van der Waals surface area contributed by atoms with Gasteiger partial charge in [0.2, 0.25) is 10.0 Å². The zero-order valence-electron chi connectivity index (χ0n) is 10.8. The summed E-state index contributed by atoms with van der Waals surface area (Å²) in [5, 5.41) is 0. The lowest BCUT2D eigenvalue weighted by molar-refractivity contribution is 0.0599. The van der Waals surface area contributed by atoms with E-state index in [0.29, 0.717) is 10.1 Å². The van der Waals surface area contributed by atoms with Crippen LogP contribution >= 0.6 is 22.6 Å². The van der Waals surface area contributed by atoms with E-state index in [1.165, 1.54) is 19.2 Å². The molecule has 0 saturated heterocycles. The Morgan fingerprint density at radius 3 is 2.68 bits per heavy atom. The predicted octanol–water partition coefficient (Wildman–Crippen LogP) is 2.16. The number of esters is 1. The number of unbranched alkanes of at least 4 members (excludes halogenated alkanes) is 1. The van der Waals surface area contributed by atoms with Gasteiger partial charge in [0, 0.05) is 10.1 Å². The average Bonchev–Trinajstić information content (AvgIpc) is 2.38. The van der Waals surface area contributed by atoms with Crippen molar-refractivity contribution in [3.63, 3.8) is 0 Å². The van der Waals surface area contributed by atoms with Crippen molar-refractivity contribution in [2.24, 2.45) is 0 Å². The van der Waals surface area contributed by atoms with E-state index in [0.717, 1.165) is 12.8 Å². The van der Waals surface area contributed by atoms with Crippen LogP contribution in [0.5, 0.6) is 0 Å². The van der Waals surface area contributed by atoms with Crippen LogP contribution < -0.4 is 4.72 Å². The number of hydrogen-bond acceptors (Lipinski definition) is 4. The first-order valence-corrected chi connectivity index (χ1v) is 8.36. The Morgan fingerprint density at radius 2 is 2.11 bits per heavy atom. The van der Waals surface area contributed by atoms with Gasteiger partial charge in [-0.15, -0.1) is 0 Å². The van der Waals surface area contributed by atoms with Crippen molar-refractivity contribution in [1.29, 1.82) is 0 Å². The van der Waals surface area contributed by atoms with E-state index in [1.807, 2.05) is 29.5 Å². The molecule has 0 radical (unpaired) electrons. The number of carbonyl (C=O) groups excluding carboxylic acids is 1. The van der Waals surface area contributed by atoms with Crippen LogP contribution in [0.1, 0.15) is 30.1 Å². The average molecular weight is 397 g/mol. The Hall–Kier alpha value is -0.670. The van der Waals surface area contributed by atoms with Crippen molar-refractivity contribution >= 4 is 38.6 Å². The molecule has 0 amide bonds. The van der Waals surface area contributed by atoms with Crippen LogP contribution in [0, 0.1) is 3.57 Å². The molecule has 5 nitrogen and oxygen atoms in total. The third-order valence-electron chi connectivity index (χ3n) is 2.48. The molecule has 1 rings (SSSR count). The summed E-state index contributed by atoms with van der Waals surface area (Å²) in [7, 11) is -2.33.